The van der Waals surface area contributed by atoms with Crippen molar-refractivity contribution in [2.75, 3.05) is 87.3 Å². The number of methoxy groups -OCH3 is 6. The lowest BCUT2D eigenvalue weighted by Gasteiger charge is -2.27. The van der Waals surface area contributed by atoms with Crippen molar-refractivity contribution in [3.05, 3.63) is 233 Å². The van der Waals surface area contributed by atoms with Gasteiger partial charge in [0.15, 0.2) is 22.4 Å². The molecule has 0 bridgehead atoms. The summed E-state index contributed by atoms with van der Waals surface area (Å²) in [5.74, 6) is 1.76. The number of nitrogens with one attached hydrogen (secondary N) is 2. The number of aldehydes is 2. The lowest BCUT2D eigenvalue weighted by Crippen LogP contribution is -2.30. The fourth-order valence-electron chi connectivity index (χ4n) is 15.6. The number of aliphatic carboxylic acids is 1. The van der Waals surface area contributed by atoms with Crippen LogP contribution < -0.4 is 28.4 Å². The second-order valence-corrected chi connectivity index (χ2v) is 33.2. The van der Waals surface area contributed by atoms with E-state index < -0.39 is 27.9 Å². The van der Waals surface area contributed by atoms with Crippen LogP contribution in [0.5, 0.6) is 34.5 Å². The van der Waals surface area contributed by atoms with Crippen molar-refractivity contribution in [1.29, 1.82) is 0 Å². The molecule has 4 N–H and O–H groups in total. The van der Waals surface area contributed by atoms with Crippen LogP contribution in [0.15, 0.2) is 187 Å². The number of aromatic amines is 2. The lowest BCUT2D eigenvalue weighted by atomic mass is 9.93. The Kier molecular flexibility index (Phi) is 39.9. The number of fused-ring (bicyclic) bond motifs is 12. The predicted octanol–water partition coefficient (Wildman–Crippen LogP) is 19.0. The Morgan fingerprint density at radius 2 is 0.977 bits per heavy atom. The van der Waals surface area contributed by atoms with Gasteiger partial charge >= 0.3 is 35.8 Å². The monoisotopic (exact) mass is 1910 g/mol. The van der Waals surface area contributed by atoms with E-state index in [1.807, 2.05) is 128 Å². The van der Waals surface area contributed by atoms with Crippen LogP contribution >= 0.6 is 15.9 Å². The molecule has 4 unspecified atom stereocenters. The summed E-state index contributed by atoms with van der Waals surface area (Å²) in [7, 11) is 6.50. The number of aromatic nitrogens is 6. The van der Waals surface area contributed by atoms with Gasteiger partial charge in [0.05, 0.1) is 122 Å². The SMILES string of the molecule is C.C.C.C=C(CBr)C(=O)OCC.C=C(Cn1c(C=O)cc2cc(OC)ccc21)C(=O)OCC.CCOC(=O)C1CC(O)c2cc3cc(OC)ccc3n2C1.CCOC(=O)C1CCc2cc3cc(OC)ccc3n2C1.CCOC(=O)c1cc2cc(OC)ccc2[nH]1.COc1ccc2[nH]c(C=O)cc2c1.COc1ccc2c(c1)c(Cc1ccc(S(C)(=O)=O)cc1C)c1n2CC(C(=O)O)CC1. The largest absolute Gasteiger partial charge is 0.497 e. The number of esters is 5. The van der Waals surface area contributed by atoms with Crippen molar-refractivity contribution in [1.82, 2.24) is 28.2 Å². The van der Waals surface area contributed by atoms with Gasteiger partial charge in [-0.15, -0.1) is 0 Å². The van der Waals surface area contributed by atoms with Crippen molar-refractivity contribution < 1.29 is 109 Å². The fourth-order valence-corrected chi connectivity index (χ4v) is 16.6. The Hall–Kier alpha value is -13.4. The van der Waals surface area contributed by atoms with E-state index in [1.165, 1.54) is 17.3 Å². The summed E-state index contributed by atoms with van der Waals surface area (Å²) in [4.78, 5) is 97.2. The molecular formula is C102H123BrN6O23S. The maximum absolute atomic E-state index is 11.9. The molecule has 3 aliphatic heterocycles. The normalized spacial score (nSPS) is 14.2. The van der Waals surface area contributed by atoms with Crippen molar-refractivity contribution >= 4 is 140 Å². The van der Waals surface area contributed by atoms with Crippen LogP contribution in [0.3, 0.4) is 0 Å². The van der Waals surface area contributed by atoms with Gasteiger partial charge in [0, 0.05) is 131 Å². The molecule has 0 spiro atoms. The maximum atomic E-state index is 11.9. The zero-order valence-corrected chi connectivity index (χ0v) is 77.6. The number of aliphatic hydroxyl groups is 1. The summed E-state index contributed by atoms with van der Waals surface area (Å²) in [6.45, 7) is 21.9. The number of sulfone groups is 1. The third kappa shape index (κ3) is 26.5. The number of ether oxygens (including phenoxy) is 11. The molecule has 6 aromatic heterocycles. The van der Waals surface area contributed by atoms with Gasteiger partial charge in [-0.1, -0.05) is 57.4 Å². The van der Waals surface area contributed by atoms with Crippen LogP contribution in [0, 0.1) is 24.7 Å². The van der Waals surface area contributed by atoms with Gasteiger partial charge in [0.1, 0.15) is 40.2 Å². The van der Waals surface area contributed by atoms with Crippen molar-refractivity contribution in [3.63, 3.8) is 0 Å². The maximum Gasteiger partial charge on any atom is 0.354 e. The minimum atomic E-state index is -3.25. The fraction of sp³-hybridized carbons (Fsp3) is 0.353. The Morgan fingerprint density at radius 1 is 0.504 bits per heavy atom. The van der Waals surface area contributed by atoms with Gasteiger partial charge in [0.25, 0.3) is 0 Å². The predicted molar refractivity (Wildman–Crippen MR) is 521 cm³/mol. The van der Waals surface area contributed by atoms with Gasteiger partial charge in [-0.05, 0) is 242 Å². The number of rotatable bonds is 25. The smallest absolute Gasteiger partial charge is 0.354 e. The zero-order chi connectivity index (χ0) is 94.2. The molecule has 0 radical (unpaired) electrons. The molecule has 7 aromatic carbocycles. The van der Waals surface area contributed by atoms with Crippen LogP contribution in [-0.2, 0) is 103 Å². The number of aliphatic hydroxyl groups excluding tert-OH is 1. The molecule has 16 rings (SSSR count). The lowest BCUT2D eigenvalue weighted by molar-refractivity contribution is -0.150. The number of H-pyrrole nitrogens is 2. The molecule has 0 amide bonds. The highest BCUT2D eigenvalue weighted by atomic mass is 79.9. The molecule has 133 heavy (non-hydrogen) atoms. The highest BCUT2D eigenvalue weighted by Gasteiger charge is 2.34. The molecule has 0 saturated carbocycles. The molecule has 712 valence electrons. The van der Waals surface area contributed by atoms with E-state index in [-0.39, 0.29) is 70.5 Å². The van der Waals surface area contributed by atoms with Crippen molar-refractivity contribution in [2.45, 2.75) is 140 Å². The van der Waals surface area contributed by atoms with Crippen LogP contribution in [-0.4, -0.2) is 183 Å². The van der Waals surface area contributed by atoms with Gasteiger partial charge in [-0.3, -0.25) is 24.0 Å². The molecule has 0 aliphatic carbocycles. The number of carboxylic acids is 1. The topological polar surface area (TPSA) is 364 Å². The Morgan fingerprint density at radius 3 is 1.50 bits per heavy atom. The summed E-state index contributed by atoms with van der Waals surface area (Å²) < 4.78 is 87.8. The number of alkyl halides is 1. The Labute approximate surface area is 784 Å². The first-order chi connectivity index (χ1) is 62.4. The standard InChI is InChI=1S/C23H25NO5S.C16H19NO4.C16H17NO4.C16H19NO3.C12H13NO3.C10H9NO2.C6H9BrO2.3CH4/c1-14-10-18(30(3,27)28)7-4-15(14)11-19-20-12-17(29-2)6-9-22(20)24-13-16(23(25)26)5-8-21(19)24;1-3-21-16(19)11-8-15(18)14-7-10-6-12(20-2)4-5-13(10)17(14)9-11;1-4-21-16(19)11(2)9-17-13(10-18)7-12-8-14(20-3)5-6-15(12)17;1-3-20-16(18)11-4-5-13-8-12-9-14(19-2)6-7-15(12)17(13)10-11;1-3-16-12(14)11-7-8-6-9(15-2)4-5-10(8)13-11;1-13-9-2-3-10-7(5-9)4-8(6-12)11-10;1-3-9-6(8)5(2)4-7;;;/h4,6-7,9-10,12,16H,5,8,11,13H2,1-3H3,(H,25,26);4-7,11,15,18H,3,8-9H2,1-2H3;5-8,10H,2,4,9H2,1,3H3;6-9,11H,3-5,10H2,1-2H3;4-7,13H,3H2,1-2H3;2-6,11H,1H3;2-4H2,1H3;3*1H4. The summed E-state index contributed by atoms with van der Waals surface area (Å²) in [6.07, 6.45) is 6.28. The van der Waals surface area contributed by atoms with Crippen LogP contribution in [0.2, 0.25) is 0 Å². The van der Waals surface area contributed by atoms with Gasteiger partial charge < -0.3 is 90.6 Å². The first-order valence-corrected chi connectivity index (χ1v) is 45.4. The quantitative estimate of drug-likeness (QED) is 0.0136. The number of halogens is 1. The first kappa shape index (κ1) is 107. The van der Waals surface area contributed by atoms with Crippen molar-refractivity contribution in [3.8, 4) is 34.5 Å². The third-order valence-electron chi connectivity index (χ3n) is 22.3. The van der Waals surface area contributed by atoms with E-state index in [9.17, 15) is 57.0 Å². The number of benzene rings is 7. The summed E-state index contributed by atoms with van der Waals surface area (Å²) in [6, 6.07) is 49.2. The van der Waals surface area contributed by atoms with Crippen molar-refractivity contribution in [2.24, 2.45) is 17.8 Å². The number of carbonyl (C=O) groups excluding carboxylic acids is 7. The molecule has 4 atom stereocenters. The average Bonchev–Trinajstić information content (AvgIpc) is 1.57. The van der Waals surface area contributed by atoms with E-state index in [2.05, 4.69) is 65.1 Å². The van der Waals surface area contributed by atoms with E-state index >= 15 is 0 Å². The zero-order valence-electron chi connectivity index (χ0n) is 75.2. The van der Waals surface area contributed by atoms with Crippen LogP contribution in [0.4, 0.5) is 0 Å². The highest BCUT2D eigenvalue weighted by Crippen LogP contribution is 2.40. The minimum absolute atomic E-state index is 0. The van der Waals surface area contributed by atoms with Gasteiger partial charge in [-0.2, -0.15) is 0 Å². The van der Waals surface area contributed by atoms with E-state index in [1.54, 1.807) is 111 Å². The van der Waals surface area contributed by atoms with E-state index in [4.69, 9.17) is 47.4 Å². The molecule has 29 nitrogen and oxygen atoms in total. The molecule has 3 aliphatic rings. The molecule has 0 fully saturated rings. The number of hydrogen-bond acceptors (Lipinski definition) is 22. The Balaban J connectivity index is 0.000000216. The van der Waals surface area contributed by atoms with Crippen LogP contribution in [0.25, 0.3) is 65.4 Å². The number of nitrogens with zero attached hydrogens (tertiary/aromatic N) is 4. The highest BCUT2D eigenvalue weighted by molar-refractivity contribution is 9.09. The van der Waals surface area contributed by atoms with E-state index in [0.717, 1.165) is 142 Å². The summed E-state index contributed by atoms with van der Waals surface area (Å²) >= 11 is 3.08. The summed E-state index contributed by atoms with van der Waals surface area (Å²) in [5.41, 5.74) is 14.6. The molecule has 0 saturated heterocycles. The first-order valence-electron chi connectivity index (χ1n) is 42.3. The number of aryl methyl sites for hydroxylation is 2. The van der Waals surface area contributed by atoms with Crippen LogP contribution in [0.1, 0.15) is 148 Å². The number of carbonyl (C=O) groups is 8. The second-order valence-electron chi connectivity index (χ2n) is 30.6. The molecule has 9 heterocycles. The van der Waals surface area contributed by atoms with Gasteiger partial charge in [0.2, 0.25) is 0 Å². The number of carboxylic acid groups (broad SMARTS) is 1. The summed E-state index contributed by atoms with van der Waals surface area (Å²) in [5, 5.41) is 26.3. The minimum Gasteiger partial charge on any atom is -0.497 e. The second kappa shape index (κ2) is 49.7. The Bertz CT molecular complexity index is 6400. The molecular weight excluding hydrogens is 1790 g/mol. The third-order valence-corrected chi connectivity index (χ3v) is 24.0. The number of hydrogen-bond donors (Lipinski definition) is 4. The van der Waals surface area contributed by atoms with E-state index in [0.29, 0.717) is 123 Å². The van der Waals surface area contributed by atoms with Gasteiger partial charge in [-0.25, -0.2) is 22.8 Å². The molecule has 13 aromatic rings. The molecule has 31 heteroatoms. The average molecular weight is 1910 g/mol.